The molecule has 6 aromatic rings. The molecule has 0 amide bonds. The quantitative estimate of drug-likeness (QED) is 0.318. The highest BCUT2D eigenvalue weighted by Crippen LogP contribution is 2.29. The Morgan fingerprint density at radius 3 is 2.47 bits per heavy atom. The Balaban J connectivity index is 1.16. The van der Waals surface area contributed by atoms with Crippen LogP contribution in [0.5, 0.6) is 0 Å². The molecule has 0 radical (unpaired) electrons. The zero-order valence-electron chi connectivity index (χ0n) is 20.9. The van der Waals surface area contributed by atoms with E-state index >= 15 is 0 Å². The van der Waals surface area contributed by atoms with Gasteiger partial charge in [-0.05, 0) is 34.9 Å². The number of hydrogen-bond acceptors (Lipinski definition) is 7. The lowest BCUT2D eigenvalue weighted by Crippen LogP contribution is -2.35. The third-order valence-corrected chi connectivity index (χ3v) is 7.83. The Kier molecular flexibility index (Phi) is 5.92. The van der Waals surface area contributed by atoms with Gasteiger partial charge in [-0.25, -0.2) is 4.98 Å². The fourth-order valence-corrected chi connectivity index (χ4v) is 5.64. The van der Waals surface area contributed by atoms with Gasteiger partial charge in [0.05, 0.1) is 31.8 Å². The number of ether oxygens (including phenoxy) is 1. The molecule has 0 spiro atoms. The number of pyridine rings is 2. The highest BCUT2D eigenvalue weighted by molar-refractivity contribution is 7.97. The van der Waals surface area contributed by atoms with Crippen LogP contribution in [0.4, 0.5) is 0 Å². The van der Waals surface area contributed by atoms with Crippen LogP contribution in [0.3, 0.4) is 0 Å². The van der Waals surface area contributed by atoms with Crippen LogP contribution in [0, 0.1) is 0 Å². The zero-order chi connectivity index (χ0) is 25.5. The van der Waals surface area contributed by atoms with Crippen LogP contribution < -0.4 is 0 Å². The molecule has 1 aromatic carbocycles. The van der Waals surface area contributed by atoms with Gasteiger partial charge in [0.15, 0.2) is 0 Å². The first-order valence-electron chi connectivity index (χ1n) is 12.6. The zero-order valence-corrected chi connectivity index (χ0v) is 21.8. The minimum atomic E-state index is 0.819. The molecule has 0 N–H and O–H groups in total. The van der Waals surface area contributed by atoms with E-state index in [-0.39, 0.29) is 0 Å². The first-order valence-corrected chi connectivity index (χ1v) is 13.3. The van der Waals surface area contributed by atoms with Gasteiger partial charge in [0.25, 0.3) is 0 Å². The summed E-state index contributed by atoms with van der Waals surface area (Å²) in [4.78, 5) is 11.7. The average molecular weight is 523 g/mol. The van der Waals surface area contributed by atoms with Gasteiger partial charge in [0.2, 0.25) is 0 Å². The predicted octanol–water partition coefficient (Wildman–Crippen LogP) is 4.53. The minimum Gasteiger partial charge on any atom is -0.379 e. The van der Waals surface area contributed by atoms with Crippen molar-refractivity contribution in [1.82, 2.24) is 38.2 Å². The summed E-state index contributed by atoms with van der Waals surface area (Å²) in [6, 6.07) is 15.1. The molecule has 1 fully saturated rings. The summed E-state index contributed by atoms with van der Waals surface area (Å²) in [7, 11) is 1.91. The van der Waals surface area contributed by atoms with Gasteiger partial charge in [0, 0.05) is 68.3 Å². The number of aryl methyl sites for hydroxylation is 1. The number of rotatable bonds is 6. The van der Waals surface area contributed by atoms with Crippen molar-refractivity contribution in [3.8, 4) is 22.3 Å². The number of fused-ring (bicyclic) bond motifs is 2. The highest BCUT2D eigenvalue weighted by atomic mass is 32.2. The molecule has 5 aromatic heterocycles. The van der Waals surface area contributed by atoms with Gasteiger partial charge < -0.3 is 4.74 Å². The first kappa shape index (κ1) is 23.2. The van der Waals surface area contributed by atoms with Crippen LogP contribution >= 0.6 is 11.9 Å². The largest absolute Gasteiger partial charge is 0.379 e. The summed E-state index contributed by atoms with van der Waals surface area (Å²) < 4.78 is 11.3. The second-order valence-corrected chi connectivity index (χ2v) is 10.4. The monoisotopic (exact) mass is 522 g/mol. The number of imidazole rings is 1. The van der Waals surface area contributed by atoms with Crippen molar-refractivity contribution in [1.29, 1.82) is 0 Å². The van der Waals surface area contributed by atoms with Gasteiger partial charge in [-0.3, -0.25) is 19.0 Å². The first-order chi connectivity index (χ1) is 18.7. The molecule has 0 aliphatic carbocycles. The van der Waals surface area contributed by atoms with E-state index in [1.165, 1.54) is 23.1 Å². The van der Waals surface area contributed by atoms with E-state index in [2.05, 4.69) is 78.1 Å². The van der Waals surface area contributed by atoms with E-state index in [0.29, 0.717) is 0 Å². The molecule has 1 aliphatic rings. The topological polar surface area (TPSA) is 78.3 Å². The second kappa shape index (κ2) is 9.71. The molecule has 0 unspecified atom stereocenters. The molecule has 0 bridgehead atoms. The maximum atomic E-state index is 5.47. The summed E-state index contributed by atoms with van der Waals surface area (Å²) in [5, 5.41) is 9.86. The third kappa shape index (κ3) is 4.47. The summed E-state index contributed by atoms with van der Waals surface area (Å²) in [5.74, 6) is 0. The number of nitrogens with zero attached hydrogens (tertiary/aromatic N) is 8. The van der Waals surface area contributed by atoms with Gasteiger partial charge in [-0.2, -0.15) is 14.3 Å². The predicted molar refractivity (Wildman–Crippen MR) is 148 cm³/mol. The summed E-state index contributed by atoms with van der Waals surface area (Å²) in [5.41, 5.74) is 8.35. The van der Waals surface area contributed by atoms with Crippen LogP contribution in [0.15, 0.2) is 84.7 Å². The Hall–Kier alpha value is -3.99. The highest BCUT2D eigenvalue weighted by Gasteiger charge is 2.13. The third-order valence-electron chi connectivity index (χ3n) is 6.88. The Morgan fingerprint density at radius 1 is 0.816 bits per heavy atom. The van der Waals surface area contributed by atoms with Crippen molar-refractivity contribution in [2.24, 2.45) is 7.05 Å². The Labute approximate surface area is 223 Å². The van der Waals surface area contributed by atoms with Crippen molar-refractivity contribution in [3.05, 3.63) is 85.2 Å². The van der Waals surface area contributed by atoms with Crippen LogP contribution in [0.1, 0.15) is 5.56 Å². The van der Waals surface area contributed by atoms with Crippen molar-refractivity contribution >= 4 is 28.6 Å². The normalized spacial score (nSPS) is 14.6. The van der Waals surface area contributed by atoms with Gasteiger partial charge in [-0.15, -0.1) is 0 Å². The van der Waals surface area contributed by atoms with Crippen LogP contribution in [-0.2, 0) is 18.3 Å². The lowest BCUT2D eigenvalue weighted by molar-refractivity contribution is 0.0342. The molecule has 190 valence electrons. The van der Waals surface area contributed by atoms with E-state index < -0.39 is 0 Å². The van der Waals surface area contributed by atoms with Crippen molar-refractivity contribution in [2.75, 3.05) is 26.3 Å². The van der Waals surface area contributed by atoms with Crippen LogP contribution in [-0.4, -0.2) is 64.5 Å². The van der Waals surface area contributed by atoms with E-state index in [0.717, 1.165) is 71.2 Å². The standard InChI is InChI=1S/C28H26N8OS/c1-33-18-24(14-31-33)23-12-26-25(29-13-23)15-32-36(26)38-28-16-30-27-7-6-22(19-35(27)28)21-4-2-20(3-5-21)17-34-8-10-37-11-9-34/h2-7,12-16,18-19H,8-11,17H2,1H3. The fraction of sp³-hybridized carbons (Fsp3) is 0.214. The van der Waals surface area contributed by atoms with Crippen LogP contribution in [0.25, 0.3) is 38.9 Å². The van der Waals surface area contributed by atoms with Crippen molar-refractivity contribution in [2.45, 2.75) is 11.6 Å². The molecule has 6 heterocycles. The summed E-state index contributed by atoms with van der Waals surface area (Å²) in [6.07, 6.45) is 11.5. The van der Waals surface area contributed by atoms with E-state index in [1.807, 2.05) is 35.9 Å². The SMILES string of the molecule is Cn1cc(-c2cnc3cnn(Sc4cnc5ccc(-c6ccc(CN7CCOCC7)cc6)cn45)c3c2)cn1. The summed E-state index contributed by atoms with van der Waals surface area (Å²) >= 11 is 1.52. The smallest absolute Gasteiger partial charge is 0.137 e. The maximum Gasteiger partial charge on any atom is 0.137 e. The minimum absolute atomic E-state index is 0.819. The number of hydrogen-bond donors (Lipinski definition) is 0. The van der Waals surface area contributed by atoms with Crippen molar-refractivity contribution < 1.29 is 4.74 Å². The average Bonchev–Trinajstić information content (AvgIpc) is 3.68. The van der Waals surface area contributed by atoms with Gasteiger partial charge in [0.1, 0.15) is 21.7 Å². The molecule has 1 aliphatic heterocycles. The second-order valence-electron chi connectivity index (χ2n) is 9.47. The van der Waals surface area contributed by atoms with Gasteiger partial charge in [-0.1, -0.05) is 24.3 Å². The Morgan fingerprint density at radius 2 is 1.66 bits per heavy atom. The molecule has 1 saturated heterocycles. The fourth-order valence-electron chi connectivity index (χ4n) is 4.79. The van der Waals surface area contributed by atoms with Gasteiger partial charge >= 0.3 is 0 Å². The van der Waals surface area contributed by atoms with Crippen LogP contribution in [0.2, 0.25) is 0 Å². The summed E-state index contributed by atoms with van der Waals surface area (Å²) in [6.45, 7) is 4.58. The van der Waals surface area contributed by atoms with E-state index in [9.17, 15) is 0 Å². The van der Waals surface area contributed by atoms with E-state index in [4.69, 9.17) is 4.74 Å². The molecule has 10 heteroatoms. The van der Waals surface area contributed by atoms with E-state index in [1.54, 1.807) is 10.9 Å². The lowest BCUT2D eigenvalue weighted by Gasteiger charge is -2.26. The van der Waals surface area contributed by atoms with Crippen molar-refractivity contribution in [3.63, 3.8) is 0 Å². The molecular formula is C28H26N8OS. The number of benzene rings is 1. The Bertz CT molecular complexity index is 1730. The molecule has 38 heavy (non-hydrogen) atoms. The lowest BCUT2D eigenvalue weighted by atomic mass is 10.1. The molecule has 9 nitrogen and oxygen atoms in total. The molecule has 7 rings (SSSR count). The number of morpholine rings is 1. The molecule has 0 atom stereocenters. The molecule has 0 saturated carbocycles. The number of aromatic nitrogens is 7. The maximum absolute atomic E-state index is 5.47. The molecular weight excluding hydrogens is 496 g/mol.